The highest BCUT2D eigenvalue weighted by atomic mass is 35.5. The van der Waals surface area contributed by atoms with Gasteiger partial charge >= 0.3 is 11.9 Å². The fraction of sp³-hybridized carbons (Fsp3) is 0.222. The van der Waals surface area contributed by atoms with Gasteiger partial charge in [-0.05, 0) is 43.3 Å². The number of anilines is 1. The molecule has 0 radical (unpaired) electrons. The molecule has 0 amide bonds. The van der Waals surface area contributed by atoms with Crippen molar-refractivity contribution < 1.29 is 32.2 Å². The fourth-order valence-corrected chi connectivity index (χ4v) is 3.66. The van der Waals surface area contributed by atoms with Crippen LogP contribution < -0.4 is 9.46 Å². The molecule has 0 bridgehead atoms. The second kappa shape index (κ2) is 8.94. The van der Waals surface area contributed by atoms with Crippen LogP contribution in [0.5, 0.6) is 5.75 Å². The monoisotopic (exact) mass is 427 g/mol. The number of sulfonamides is 1. The molecule has 2 rings (SSSR count). The van der Waals surface area contributed by atoms with E-state index in [1.54, 1.807) is 6.92 Å². The summed E-state index contributed by atoms with van der Waals surface area (Å²) in [6.45, 7) is 2.15. The Morgan fingerprint density at radius 3 is 2.04 bits per heavy atom. The lowest BCUT2D eigenvalue weighted by molar-refractivity contribution is 0.0599. The minimum atomic E-state index is -4.06. The minimum Gasteiger partial charge on any atom is -0.492 e. The van der Waals surface area contributed by atoms with Crippen LogP contribution in [0.25, 0.3) is 0 Å². The molecule has 2 aromatic rings. The third-order valence-corrected chi connectivity index (χ3v) is 5.22. The van der Waals surface area contributed by atoms with Gasteiger partial charge in [-0.2, -0.15) is 0 Å². The largest absolute Gasteiger partial charge is 0.492 e. The molecular formula is C18H18ClNO7S. The predicted molar refractivity (Wildman–Crippen MR) is 103 cm³/mol. The molecule has 0 aromatic heterocycles. The standard InChI is InChI=1S/C18H18ClNO7S/c1-4-27-16-6-5-14(10-15(16)19)28(23,24)20-13-8-11(17(21)25-2)7-12(9-13)18(22)26-3/h5-10,20H,4H2,1-3H3. The maximum Gasteiger partial charge on any atom is 0.337 e. The number of benzene rings is 2. The molecule has 0 unspecified atom stereocenters. The van der Waals surface area contributed by atoms with E-state index < -0.39 is 22.0 Å². The van der Waals surface area contributed by atoms with E-state index in [0.717, 1.165) is 0 Å². The average Bonchev–Trinajstić information content (AvgIpc) is 2.67. The lowest BCUT2D eigenvalue weighted by atomic mass is 10.1. The third kappa shape index (κ3) is 4.93. The summed E-state index contributed by atoms with van der Waals surface area (Å²) in [4.78, 5) is 23.5. The average molecular weight is 428 g/mol. The summed E-state index contributed by atoms with van der Waals surface area (Å²) in [5, 5.41) is 0.128. The van der Waals surface area contributed by atoms with Crippen LogP contribution in [0.3, 0.4) is 0 Å². The van der Waals surface area contributed by atoms with E-state index in [2.05, 4.69) is 14.2 Å². The van der Waals surface area contributed by atoms with Crippen molar-refractivity contribution in [1.82, 2.24) is 0 Å². The number of methoxy groups -OCH3 is 2. The van der Waals surface area contributed by atoms with Crippen molar-refractivity contribution >= 4 is 39.3 Å². The van der Waals surface area contributed by atoms with Crippen LogP contribution in [0.15, 0.2) is 41.3 Å². The Kier molecular flexibility index (Phi) is 6.87. The molecule has 10 heteroatoms. The first kappa shape index (κ1) is 21.5. The molecule has 0 fully saturated rings. The van der Waals surface area contributed by atoms with E-state index in [9.17, 15) is 18.0 Å². The summed E-state index contributed by atoms with van der Waals surface area (Å²) in [5.41, 5.74) is -0.0611. The summed E-state index contributed by atoms with van der Waals surface area (Å²) in [5.74, 6) is -1.13. The Morgan fingerprint density at radius 2 is 1.57 bits per heavy atom. The van der Waals surface area contributed by atoms with Gasteiger partial charge < -0.3 is 14.2 Å². The molecule has 0 saturated carbocycles. The van der Waals surface area contributed by atoms with Gasteiger partial charge in [0.1, 0.15) is 5.75 Å². The SMILES string of the molecule is CCOc1ccc(S(=O)(=O)Nc2cc(C(=O)OC)cc(C(=O)OC)c2)cc1Cl. The number of ether oxygens (including phenoxy) is 3. The van der Waals surface area contributed by atoms with Gasteiger partial charge in [0.05, 0.1) is 47.6 Å². The highest BCUT2D eigenvalue weighted by Gasteiger charge is 2.20. The van der Waals surface area contributed by atoms with Gasteiger partial charge in [-0.15, -0.1) is 0 Å². The number of halogens is 1. The molecule has 1 N–H and O–H groups in total. The Morgan fingerprint density at radius 1 is 1.00 bits per heavy atom. The number of carbonyl (C=O) groups excluding carboxylic acids is 2. The molecule has 8 nitrogen and oxygen atoms in total. The quantitative estimate of drug-likeness (QED) is 0.676. The van der Waals surface area contributed by atoms with Crippen molar-refractivity contribution in [2.45, 2.75) is 11.8 Å². The van der Waals surface area contributed by atoms with Crippen molar-refractivity contribution in [3.05, 3.63) is 52.5 Å². The van der Waals surface area contributed by atoms with Crippen LogP contribution in [0.2, 0.25) is 5.02 Å². The molecule has 0 atom stereocenters. The van der Waals surface area contributed by atoms with E-state index in [0.29, 0.717) is 12.4 Å². The number of hydrogen-bond acceptors (Lipinski definition) is 7. The predicted octanol–water partition coefficient (Wildman–Crippen LogP) is 3.11. The fourth-order valence-electron chi connectivity index (χ4n) is 2.29. The zero-order valence-electron chi connectivity index (χ0n) is 15.3. The molecule has 0 spiro atoms. The highest BCUT2D eigenvalue weighted by molar-refractivity contribution is 7.92. The molecule has 0 saturated heterocycles. The van der Waals surface area contributed by atoms with Crippen LogP contribution >= 0.6 is 11.6 Å². The van der Waals surface area contributed by atoms with Gasteiger partial charge in [-0.25, -0.2) is 18.0 Å². The Labute approximate surface area is 167 Å². The summed E-state index contributed by atoms with van der Waals surface area (Å²) in [6, 6.07) is 7.72. The van der Waals surface area contributed by atoms with Crippen LogP contribution in [0.4, 0.5) is 5.69 Å². The van der Waals surface area contributed by atoms with Crippen molar-refractivity contribution in [2.75, 3.05) is 25.5 Å². The van der Waals surface area contributed by atoms with Crippen molar-refractivity contribution in [3.8, 4) is 5.75 Å². The van der Waals surface area contributed by atoms with E-state index >= 15 is 0 Å². The molecule has 0 aliphatic rings. The van der Waals surface area contributed by atoms with Gasteiger partial charge in [-0.3, -0.25) is 4.72 Å². The first-order valence-electron chi connectivity index (χ1n) is 7.98. The van der Waals surface area contributed by atoms with Gasteiger partial charge in [0.15, 0.2) is 0 Å². The van der Waals surface area contributed by atoms with Crippen molar-refractivity contribution in [1.29, 1.82) is 0 Å². The second-order valence-electron chi connectivity index (χ2n) is 5.41. The maximum atomic E-state index is 12.7. The lowest BCUT2D eigenvalue weighted by Gasteiger charge is -2.12. The minimum absolute atomic E-state index is 0.0201. The molecular weight excluding hydrogens is 410 g/mol. The van der Waals surface area contributed by atoms with E-state index in [1.807, 2.05) is 0 Å². The van der Waals surface area contributed by atoms with Crippen LogP contribution in [-0.2, 0) is 19.5 Å². The van der Waals surface area contributed by atoms with Gasteiger partial charge in [0.25, 0.3) is 10.0 Å². The molecule has 28 heavy (non-hydrogen) atoms. The van der Waals surface area contributed by atoms with Crippen molar-refractivity contribution in [2.24, 2.45) is 0 Å². The zero-order valence-corrected chi connectivity index (χ0v) is 16.9. The smallest absolute Gasteiger partial charge is 0.337 e. The number of esters is 2. The maximum absolute atomic E-state index is 12.7. The second-order valence-corrected chi connectivity index (χ2v) is 7.50. The third-order valence-electron chi connectivity index (χ3n) is 3.54. The van der Waals surface area contributed by atoms with Gasteiger partial charge in [0, 0.05) is 0 Å². The van der Waals surface area contributed by atoms with Crippen LogP contribution in [0, 0.1) is 0 Å². The number of carbonyl (C=O) groups is 2. The molecule has 0 heterocycles. The Balaban J connectivity index is 2.43. The van der Waals surface area contributed by atoms with Gasteiger partial charge in [0.2, 0.25) is 0 Å². The number of hydrogen-bond donors (Lipinski definition) is 1. The van der Waals surface area contributed by atoms with E-state index in [-0.39, 0.29) is 26.7 Å². The van der Waals surface area contributed by atoms with Crippen LogP contribution in [-0.4, -0.2) is 41.2 Å². The summed E-state index contributed by atoms with van der Waals surface area (Å²) >= 11 is 6.05. The van der Waals surface area contributed by atoms with Crippen molar-refractivity contribution in [3.63, 3.8) is 0 Å². The number of rotatable bonds is 7. The highest BCUT2D eigenvalue weighted by Crippen LogP contribution is 2.28. The summed E-state index contributed by atoms with van der Waals surface area (Å²) in [6.07, 6.45) is 0. The molecule has 2 aromatic carbocycles. The topological polar surface area (TPSA) is 108 Å². The molecule has 0 aliphatic heterocycles. The Hall–Kier alpha value is -2.78. The number of nitrogens with one attached hydrogen (secondary N) is 1. The summed E-state index contributed by atoms with van der Waals surface area (Å²) < 4.78 is 42.2. The van der Waals surface area contributed by atoms with E-state index in [1.165, 1.54) is 50.6 Å². The normalized spacial score (nSPS) is 10.9. The Bertz CT molecular complexity index is 971. The lowest BCUT2D eigenvalue weighted by Crippen LogP contribution is -2.15. The molecule has 150 valence electrons. The van der Waals surface area contributed by atoms with E-state index in [4.69, 9.17) is 16.3 Å². The first-order chi connectivity index (χ1) is 13.2. The zero-order chi connectivity index (χ0) is 20.9. The van der Waals surface area contributed by atoms with Gasteiger partial charge in [-0.1, -0.05) is 11.6 Å². The molecule has 0 aliphatic carbocycles. The van der Waals surface area contributed by atoms with Crippen LogP contribution in [0.1, 0.15) is 27.6 Å². The summed E-state index contributed by atoms with van der Waals surface area (Å²) in [7, 11) is -1.73. The first-order valence-corrected chi connectivity index (χ1v) is 9.84.